The van der Waals surface area contributed by atoms with E-state index in [-0.39, 0.29) is 6.10 Å². The van der Waals surface area contributed by atoms with Crippen LogP contribution < -0.4 is 5.32 Å². The summed E-state index contributed by atoms with van der Waals surface area (Å²) in [5, 5.41) is 3.59. The fourth-order valence-corrected chi connectivity index (χ4v) is 3.33. The molecule has 0 bridgehead atoms. The van der Waals surface area contributed by atoms with E-state index >= 15 is 0 Å². The van der Waals surface area contributed by atoms with Gasteiger partial charge in [-0.15, -0.1) is 0 Å². The highest BCUT2D eigenvalue weighted by atomic mass is 79.9. The molecule has 0 aliphatic carbocycles. The normalized spacial score (nSPS) is 21.4. The maximum Gasteiger partial charge on any atom is 0.0858 e. The Morgan fingerprint density at radius 3 is 3.05 bits per heavy atom. The Bertz CT molecular complexity index is 428. The molecule has 4 nitrogen and oxygen atoms in total. The fraction of sp³-hybridized carbons (Fsp3) is 0.688. The molecule has 21 heavy (non-hydrogen) atoms. The third kappa shape index (κ3) is 5.33. The van der Waals surface area contributed by atoms with Crippen molar-refractivity contribution in [1.82, 2.24) is 15.2 Å². The third-order valence-corrected chi connectivity index (χ3v) is 4.28. The SMILES string of the molecule is CCCN1CCOC(C(Cc2cncc(Br)c2)NCC)C1. The Morgan fingerprint density at radius 1 is 1.48 bits per heavy atom. The van der Waals surface area contributed by atoms with Crippen LogP contribution in [0.15, 0.2) is 22.9 Å². The molecule has 0 radical (unpaired) electrons. The van der Waals surface area contributed by atoms with E-state index in [1.165, 1.54) is 12.0 Å². The van der Waals surface area contributed by atoms with E-state index in [0.29, 0.717) is 6.04 Å². The second-order valence-electron chi connectivity index (χ2n) is 5.59. The Hall–Kier alpha value is -0.490. The Balaban J connectivity index is 2.00. The average molecular weight is 356 g/mol. The van der Waals surface area contributed by atoms with Crippen molar-refractivity contribution in [3.8, 4) is 0 Å². The third-order valence-electron chi connectivity index (χ3n) is 3.85. The lowest BCUT2D eigenvalue weighted by Crippen LogP contribution is -2.53. The van der Waals surface area contributed by atoms with Crippen molar-refractivity contribution in [1.29, 1.82) is 0 Å². The first-order valence-electron chi connectivity index (χ1n) is 7.89. The molecule has 118 valence electrons. The van der Waals surface area contributed by atoms with E-state index in [0.717, 1.165) is 43.7 Å². The molecule has 0 saturated carbocycles. The van der Waals surface area contributed by atoms with Gasteiger partial charge in [-0.1, -0.05) is 13.8 Å². The topological polar surface area (TPSA) is 37.4 Å². The predicted octanol–water partition coefficient (Wildman–Crippen LogP) is 2.48. The van der Waals surface area contributed by atoms with Crippen LogP contribution in [-0.2, 0) is 11.2 Å². The number of ether oxygens (including phenoxy) is 1. The van der Waals surface area contributed by atoms with Gasteiger partial charge in [-0.25, -0.2) is 0 Å². The number of nitrogens with zero attached hydrogens (tertiary/aromatic N) is 2. The lowest BCUT2D eigenvalue weighted by molar-refractivity contribution is -0.0459. The van der Waals surface area contributed by atoms with Crippen LogP contribution in [-0.4, -0.2) is 54.8 Å². The molecule has 0 amide bonds. The van der Waals surface area contributed by atoms with E-state index < -0.39 is 0 Å². The zero-order valence-corrected chi connectivity index (χ0v) is 14.6. The minimum absolute atomic E-state index is 0.254. The first-order chi connectivity index (χ1) is 10.2. The van der Waals surface area contributed by atoms with Crippen LogP contribution in [0.5, 0.6) is 0 Å². The Labute approximate surface area is 136 Å². The van der Waals surface area contributed by atoms with Crippen LogP contribution in [0.25, 0.3) is 0 Å². The maximum atomic E-state index is 6.04. The van der Waals surface area contributed by atoms with Crippen molar-refractivity contribution in [3.63, 3.8) is 0 Å². The highest BCUT2D eigenvalue weighted by Gasteiger charge is 2.27. The number of rotatable bonds is 7. The summed E-state index contributed by atoms with van der Waals surface area (Å²) in [5.41, 5.74) is 1.24. The number of hydrogen-bond acceptors (Lipinski definition) is 4. The van der Waals surface area contributed by atoms with Crippen molar-refractivity contribution in [3.05, 3.63) is 28.5 Å². The van der Waals surface area contributed by atoms with Gasteiger partial charge < -0.3 is 10.1 Å². The summed E-state index contributed by atoms with van der Waals surface area (Å²) >= 11 is 3.49. The zero-order valence-electron chi connectivity index (χ0n) is 13.0. The Kier molecular flexibility index (Phi) is 7.10. The molecule has 2 heterocycles. The number of hydrogen-bond donors (Lipinski definition) is 1. The molecule has 0 spiro atoms. The highest BCUT2D eigenvalue weighted by molar-refractivity contribution is 9.10. The molecule has 2 rings (SSSR count). The van der Waals surface area contributed by atoms with Crippen molar-refractivity contribution >= 4 is 15.9 Å². The summed E-state index contributed by atoms with van der Waals surface area (Å²) < 4.78 is 7.07. The minimum atomic E-state index is 0.254. The summed E-state index contributed by atoms with van der Waals surface area (Å²) in [5.74, 6) is 0. The smallest absolute Gasteiger partial charge is 0.0858 e. The van der Waals surface area contributed by atoms with Crippen molar-refractivity contribution in [2.45, 2.75) is 38.8 Å². The van der Waals surface area contributed by atoms with Gasteiger partial charge in [0.05, 0.1) is 12.7 Å². The largest absolute Gasteiger partial charge is 0.374 e. The number of likely N-dealkylation sites (N-methyl/N-ethyl adjacent to an activating group) is 1. The first-order valence-corrected chi connectivity index (χ1v) is 8.69. The summed E-state index contributed by atoms with van der Waals surface area (Å²) in [6, 6.07) is 2.48. The van der Waals surface area contributed by atoms with Crippen LogP contribution in [0, 0.1) is 0 Å². The van der Waals surface area contributed by atoms with Gasteiger partial charge in [0.25, 0.3) is 0 Å². The molecule has 2 atom stereocenters. The van der Waals surface area contributed by atoms with E-state index in [9.17, 15) is 0 Å². The zero-order chi connectivity index (χ0) is 15.1. The van der Waals surface area contributed by atoms with E-state index in [4.69, 9.17) is 4.74 Å². The standard InChI is InChI=1S/C16H26BrN3O/c1-3-5-20-6-7-21-16(12-20)15(19-4-2)9-13-8-14(17)11-18-10-13/h8,10-11,15-16,19H,3-7,9,12H2,1-2H3. The van der Waals surface area contributed by atoms with E-state index in [1.807, 2.05) is 12.4 Å². The minimum Gasteiger partial charge on any atom is -0.374 e. The van der Waals surface area contributed by atoms with Crippen LogP contribution in [0.4, 0.5) is 0 Å². The number of nitrogens with one attached hydrogen (secondary N) is 1. The lowest BCUT2D eigenvalue weighted by Gasteiger charge is -2.37. The second kappa shape index (κ2) is 8.83. The second-order valence-corrected chi connectivity index (χ2v) is 6.51. The molecule has 1 aromatic rings. The molecule has 0 aromatic carbocycles. The molecule has 1 saturated heterocycles. The number of pyridine rings is 1. The summed E-state index contributed by atoms with van der Waals surface area (Å²) in [4.78, 5) is 6.77. The molecule has 1 fully saturated rings. The predicted molar refractivity (Wildman–Crippen MR) is 89.6 cm³/mol. The van der Waals surface area contributed by atoms with Gasteiger partial charge in [-0.05, 0) is 53.5 Å². The molecular formula is C16H26BrN3O. The highest BCUT2D eigenvalue weighted by Crippen LogP contribution is 2.16. The Morgan fingerprint density at radius 2 is 2.33 bits per heavy atom. The number of morpholine rings is 1. The van der Waals surface area contributed by atoms with Gasteiger partial charge in [-0.3, -0.25) is 9.88 Å². The average Bonchev–Trinajstić information content (AvgIpc) is 2.47. The van der Waals surface area contributed by atoms with Gasteiger partial charge in [0.15, 0.2) is 0 Å². The van der Waals surface area contributed by atoms with Crippen molar-refractivity contribution in [2.75, 3.05) is 32.8 Å². The van der Waals surface area contributed by atoms with Gasteiger partial charge in [0.2, 0.25) is 0 Å². The van der Waals surface area contributed by atoms with Crippen LogP contribution in [0.1, 0.15) is 25.8 Å². The number of halogens is 1. The van der Waals surface area contributed by atoms with Crippen molar-refractivity contribution < 1.29 is 4.74 Å². The fourth-order valence-electron chi connectivity index (χ4n) is 2.91. The van der Waals surface area contributed by atoms with Gasteiger partial charge >= 0.3 is 0 Å². The lowest BCUT2D eigenvalue weighted by atomic mass is 10.0. The summed E-state index contributed by atoms with van der Waals surface area (Å²) in [6.07, 6.45) is 6.18. The van der Waals surface area contributed by atoms with E-state index in [2.05, 4.69) is 51.0 Å². The molecule has 1 aromatic heterocycles. The molecule has 5 heteroatoms. The van der Waals surface area contributed by atoms with Gasteiger partial charge in [-0.2, -0.15) is 0 Å². The molecule has 1 aliphatic rings. The monoisotopic (exact) mass is 355 g/mol. The first kappa shape index (κ1) is 16.9. The van der Waals surface area contributed by atoms with Gasteiger partial charge in [0.1, 0.15) is 0 Å². The maximum absolute atomic E-state index is 6.04. The van der Waals surface area contributed by atoms with Gasteiger partial charge in [0, 0.05) is 36.0 Å². The van der Waals surface area contributed by atoms with Crippen molar-refractivity contribution in [2.24, 2.45) is 0 Å². The molecule has 1 N–H and O–H groups in total. The molecular weight excluding hydrogens is 330 g/mol. The summed E-state index contributed by atoms with van der Waals surface area (Å²) in [6.45, 7) is 9.42. The molecule has 1 aliphatic heterocycles. The summed E-state index contributed by atoms with van der Waals surface area (Å²) in [7, 11) is 0. The number of aromatic nitrogens is 1. The van der Waals surface area contributed by atoms with Crippen LogP contribution in [0.3, 0.4) is 0 Å². The molecule has 2 unspecified atom stereocenters. The van der Waals surface area contributed by atoms with Crippen LogP contribution >= 0.6 is 15.9 Å². The van der Waals surface area contributed by atoms with Crippen LogP contribution in [0.2, 0.25) is 0 Å². The van der Waals surface area contributed by atoms with E-state index in [1.54, 1.807) is 0 Å². The quantitative estimate of drug-likeness (QED) is 0.815.